The van der Waals surface area contributed by atoms with Gasteiger partial charge in [-0.3, -0.25) is 4.79 Å². The van der Waals surface area contributed by atoms with Crippen molar-refractivity contribution in [3.8, 4) is 5.75 Å². The molecule has 2 aromatic carbocycles. The number of carbonyl (C=O) groups is 1. The number of carbonyl (C=O) groups excluding carboxylic acids is 1. The van der Waals surface area contributed by atoms with E-state index in [1.54, 1.807) is 36.4 Å². The summed E-state index contributed by atoms with van der Waals surface area (Å²) in [7, 11) is 1.51. The quantitative estimate of drug-likeness (QED) is 0.819. The Labute approximate surface area is 135 Å². The smallest absolute Gasteiger partial charge is 0.259 e. The lowest BCUT2D eigenvalue weighted by Crippen LogP contribution is -2.13. The summed E-state index contributed by atoms with van der Waals surface area (Å²) in [5, 5.41) is 3.64. The highest BCUT2D eigenvalue weighted by molar-refractivity contribution is 9.10. The van der Waals surface area contributed by atoms with Gasteiger partial charge in [0.15, 0.2) is 0 Å². The third-order valence-electron chi connectivity index (χ3n) is 2.53. The van der Waals surface area contributed by atoms with Crippen molar-refractivity contribution in [2.24, 2.45) is 0 Å². The molecule has 1 N–H and O–H groups in total. The second kappa shape index (κ2) is 6.48. The summed E-state index contributed by atoms with van der Waals surface area (Å²) in [5.74, 6) is 0.178. The first-order valence-corrected chi connectivity index (χ1v) is 7.15. The van der Waals surface area contributed by atoms with Gasteiger partial charge in [0.25, 0.3) is 5.91 Å². The van der Waals surface area contributed by atoms with Crippen molar-refractivity contribution in [2.45, 2.75) is 0 Å². The van der Waals surface area contributed by atoms with Gasteiger partial charge in [-0.15, -0.1) is 0 Å². The summed E-state index contributed by atoms with van der Waals surface area (Å²) < 4.78 is 6.02. The lowest BCUT2D eigenvalue weighted by molar-refractivity contribution is 0.102. The molecule has 0 spiro atoms. The van der Waals surface area contributed by atoms with Crippen LogP contribution in [0.4, 0.5) is 5.69 Å². The average Bonchev–Trinajstić information content (AvgIpc) is 2.37. The molecule has 0 fully saturated rings. The second-order valence-electron chi connectivity index (χ2n) is 3.96. The van der Waals surface area contributed by atoms with Crippen molar-refractivity contribution in [3.05, 3.63) is 56.5 Å². The largest absolute Gasteiger partial charge is 0.496 e. The monoisotopic (exact) mass is 373 g/mol. The van der Waals surface area contributed by atoms with Crippen LogP contribution in [0.2, 0.25) is 10.0 Å². The summed E-state index contributed by atoms with van der Waals surface area (Å²) in [6.45, 7) is 0. The van der Waals surface area contributed by atoms with Gasteiger partial charge in [0.2, 0.25) is 0 Å². The molecular weight excluding hydrogens is 365 g/mol. The van der Waals surface area contributed by atoms with Gasteiger partial charge < -0.3 is 10.1 Å². The molecule has 0 aliphatic heterocycles. The zero-order valence-electron chi connectivity index (χ0n) is 10.4. The zero-order chi connectivity index (χ0) is 14.7. The normalized spacial score (nSPS) is 10.2. The van der Waals surface area contributed by atoms with E-state index in [4.69, 9.17) is 27.9 Å². The maximum Gasteiger partial charge on any atom is 0.259 e. The van der Waals surface area contributed by atoms with Gasteiger partial charge in [-0.1, -0.05) is 39.1 Å². The first-order valence-electron chi connectivity index (χ1n) is 5.60. The van der Waals surface area contributed by atoms with Crippen LogP contribution in [0.5, 0.6) is 5.75 Å². The van der Waals surface area contributed by atoms with E-state index in [1.807, 2.05) is 0 Å². The minimum Gasteiger partial charge on any atom is -0.496 e. The number of amides is 1. The molecule has 0 aliphatic carbocycles. The number of rotatable bonds is 3. The molecule has 0 heterocycles. The summed E-state index contributed by atoms with van der Waals surface area (Å²) in [6.07, 6.45) is 0. The van der Waals surface area contributed by atoms with Crippen LogP contribution >= 0.6 is 39.1 Å². The van der Waals surface area contributed by atoms with E-state index < -0.39 is 0 Å². The minimum absolute atomic E-state index is 0.298. The molecule has 1 amide bonds. The van der Waals surface area contributed by atoms with Crippen LogP contribution < -0.4 is 10.1 Å². The lowest BCUT2D eigenvalue weighted by Gasteiger charge is -2.10. The number of nitrogens with one attached hydrogen (secondary N) is 1. The third kappa shape index (κ3) is 3.66. The van der Waals surface area contributed by atoms with E-state index in [-0.39, 0.29) is 5.91 Å². The molecule has 3 nitrogen and oxygen atoms in total. The molecule has 0 aromatic heterocycles. The third-order valence-corrected chi connectivity index (χ3v) is 3.46. The molecule has 0 saturated heterocycles. The first kappa shape index (κ1) is 15.2. The molecule has 20 heavy (non-hydrogen) atoms. The maximum atomic E-state index is 12.2. The zero-order valence-corrected chi connectivity index (χ0v) is 13.5. The van der Waals surface area contributed by atoms with E-state index >= 15 is 0 Å². The predicted octanol–water partition coefficient (Wildman–Crippen LogP) is 5.02. The highest BCUT2D eigenvalue weighted by atomic mass is 79.9. The number of ether oxygens (including phenoxy) is 1. The Morgan fingerprint density at radius 1 is 1.15 bits per heavy atom. The van der Waals surface area contributed by atoms with Crippen LogP contribution in [0, 0.1) is 0 Å². The summed E-state index contributed by atoms with van der Waals surface area (Å²) in [5.41, 5.74) is 0.948. The molecule has 0 saturated carbocycles. The highest BCUT2D eigenvalue weighted by Crippen LogP contribution is 2.26. The van der Waals surface area contributed by atoms with E-state index in [2.05, 4.69) is 21.2 Å². The SMILES string of the molecule is COc1cc(Br)ccc1C(=O)Nc1cc(Cl)cc(Cl)c1. The van der Waals surface area contributed by atoms with Crippen LogP contribution in [-0.4, -0.2) is 13.0 Å². The van der Waals surface area contributed by atoms with Crippen molar-refractivity contribution in [3.63, 3.8) is 0 Å². The maximum absolute atomic E-state index is 12.2. The summed E-state index contributed by atoms with van der Waals surface area (Å²) in [4.78, 5) is 12.2. The van der Waals surface area contributed by atoms with Crippen LogP contribution in [-0.2, 0) is 0 Å². The van der Waals surface area contributed by atoms with E-state index in [0.717, 1.165) is 4.47 Å². The Bertz CT molecular complexity index is 641. The number of methoxy groups -OCH3 is 1. The van der Waals surface area contributed by atoms with Crippen molar-refractivity contribution in [1.29, 1.82) is 0 Å². The Hall–Kier alpha value is -1.23. The first-order chi connectivity index (χ1) is 9.49. The van der Waals surface area contributed by atoms with Crippen LogP contribution in [0.3, 0.4) is 0 Å². The van der Waals surface area contributed by atoms with Gasteiger partial charge in [0.1, 0.15) is 5.75 Å². The second-order valence-corrected chi connectivity index (χ2v) is 5.75. The number of anilines is 1. The molecule has 104 valence electrons. The molecule has 0 bridgehead atoms. The van der Waals surface area contributed by atoms with Gasteiger partial charge in [-0.25, -0.2) is 0 Å². The molecule has 2 aromatic rings. The topological polar surface area (TPSA) is 38.3 Å². The van der Waals surface area contributed by atoms with Gasteiger partial charge in [0.05, 0.1) is 12.7 Å². The average molecular weight is 375 g/mol. The molecular formula is C14H10BrCl2NO2. The van der Waals surface area contributed by atoms with Crippen LogP contribution in [0.1, 0.15) is 10.4 Å². The van der Waals surface area contributed by atoms with Crippen LogP contribution in [0.25, 0.3) is 0 Å². The fourth-order valence-electron chi connectivity index (χ4n) is 1.68. The standard InChI is InChI=1S/C14H10BrCl2NO2/c1-20-13-4-8(15)2-3-12(13)14(19)18-11-6-9(16)5-10(17)7-11/h2-7H,1H3,(H,18,19). The Morgan fingerprint density at radius 2 is 1.80 bits per heavy atom. The van der Waals surface area contributed by atoms with Crippen molar-refractivity contribution < 1.29 is 9.53 Å². The number of benzene rings is 2. The number of halogens is 3. The molecule has 0 atom stereocenters. The molecule has 6 heteroatoms. The highest BCUT2D eigenvalue weighted by Gasteiger charge is 2.13. The predicted molar refractivity (Wildman–Crippen MR) is 85.1 cm³/mol. The van der Waals surface area contributed by atoms with Crippen molar-refractivity contribution in [2.75, 3.05) is 12.4 Å². The molecule has 2 rings (SSSR count). The Kier molecular flexibility index (Phi) is 4.91. The lowest BCUT2D eigenvalue weighted by atomic mass is 10.2. The van der Waals surface area contributed by atoms with Gasteiger partial charge >= 0.3 is 0 Å². The summed E-state index contributed by atoms with van der Waals surface area (Å²) in [6, 6.07) is 10.00. The van der Waals surface area contributed by atoms with Gasteiger partial charge in [-0.05, 0) is 36.4 Å². The Balaban J connectivity index is 2.28. The summed E-state index contributed by atoms with van der Waals surface area (Å²) >= 11 is 15.1. The molecule has 0 radical (unpaired) electrons. The number of hydrogen-bond acceptors (Lipinski definition) is 2. The molecule has 0 aliphatic rings. The minimum atomic E-state index is -0.298. The van der Waals surface area contributed by atoms with Crippen molar-refractivity contribution in [1.82, 2.24) is 0 Å². The van der Waals surface area contributed by atoms with E-state index in [9.17, 15) is 4.79 Å². The molecule has 0 unspecified atom stereocenters. The van der Waals surface area contributed by atoms with Gasteiger partial charge in [-0.2, -0.15) is 0 Å². The fourth-order valence-corrected chi connectivity index (χ4v) is 2.54. The number of hydrogen-bond donors (Lipinski definition) is 1. The van der Waals surface area contributed by atoms with E-state index in [1.165, 1.54) is 7.11 Å². The van der Waals surface area contributed by atoms with Crippen molar-refractivity contribution >= 4 is 50.7 Å². The Morgan fingerprint density at radius 3 is 2.40 bits per heavy atom. The van der Waals surface area contributed by atoms with Gasteiger partial charge in [0, 0.05) is 20.2 Å². The van der Waals surface area contributed by atoms with E-state index in [0.29, 0.717) is 27.0 Å². The fraction of sp³-hybridized carbons (Fsp3) is 0.0714. The van der Waals surface area contributed by atoms with Crippen LogP contribution in [0.15, 0.2) is 40.9 Å².